The molecule has 16 heavy (non-hydrogen) atoms. The third-order valence-corrected chi connectivity index (χ3v) is 2.58. The largest absolute Gasteiger partial charge is 0.376 e. The van der Waals surface area contributed by atoms with E-state index < -0.39 is 0 Å². The zero-order valence-electron chi connectivity index (χ0n) is 10.3. The van der Waals surface area contributed by atoms with Crippen LogP contribution in [0.15, 0.2) is 17.1 Å². The maximum atomic E-state index is 5.53. The van der Waals surface area contributed by atoms with E-state index in [4.69, 9.17) is 4.74 Å². The van der Waals surface area contributed by atoms with Crippen LogP contribution in [-0.4, -0.2) is 38.8 Å². The number of nitrogens with zero attached hydrogens (tertiary/aromatic N) is 1. The average Bonchev–Trinajstić information content (AvgIpc) is 2.81. The fourth-order valence-corrected chi connectivity index (χ4v) is 1.68. The van der Waals surface area contributed by atoms with Gasteiger partial charge in [-0.25, -0.2) is 0 Å². The Balaban J connectivity index is 2.11. The second-order valence-electron chi connectivity index (χ2n) is 3.87. The molecule has 1 rings (SSSR count). The molecule has 0 amide bonds. The summed E-state index contributed by atoms with van der Waals surface area (Å²) in [5, 5.41) is 6.54. The maximum Gasteiger partial charge on any atom is 0.191 e. The van der Waals surface area contributed by atoms with Crippen molar-refractivity contribution in [3.63, 3.8) is 0 Å². The Hall–Kier alpha value is -1.03. The van der Waals surface area contributed by atoms with E-state index in [9.17, 15) is 0 Å². The molecule has 0 bridgehead atoms. The summed E-state index contributed by atoms with van der Waals surface area (Å²) in [6.07, 6.45) is 7.92. The lowest BCUT2D eigenvalue weighted by molar-refractivity contribution is 0.114. The van der Waals surface area contributed by atoms with Crippen LogP contribution in [0.25, 0.3) is 0 Å². The highest BCUT2D eigenvalue weighted by molar-refractivity contribution is 5.79. The first-order valence-corrected chi connectivity index (χ1v) is 6.04. The maximum absolute atomic E-state index is 5.53. The molecule has 0 aromatic rings. The quantitative estimate of drug-likeness (QED) is 0.321. The van der Waals surface area contributed by atoms with E-state index in [1.165, 1.54) is 6.42 Å². The van der Waals surface area contributed by atoms with Gasteiger partial charge in [0.15, 0.2) is 5.96 Å². The van der Waals surface area contributed by atoms with Gasteiger partial charge in [-0.05, 0) is 26.2 Å². The number of aliphatic imine (C=N–C) groups is 1. The predicted octanol–water partition coefficient (Wildman–Crippen LogP) is 1.30. The molecule has 0 saturated carbocycles. The van der Waals surface area contributed by atoms with Gasteiger partial charge in [0.25, 0.3) is 0 Å². The third-order valence-electron chi connectivity index (χ3n) is 2.58. The van der Waals surface area contributed by atoms with Crippen molar-refractivity contribution in [2.75, 3.05) is 26.7 Å². The van der Waals surface area contributed by atoms with Gasteiger partial charge in [0.2, 0.25) is 0 Å². The lowest BCUT2D eigenvalue weighted by atomic mass is 10.2. The van der Waals surface area contributed by atoms with Crippen molar-refractivity contribution in [3.05, 3.63) is 12.2 Å². The van der Waals surface area contributed by atoms with Crippen LogP contribution >= 0.6 is 0 Å². The SMILES string of the molecule is CC=CCCNC(=NC)NCC1CCCO1. The lowest BCUT2D eigenvalue weighted by Crippen LogP contribution is -2.41. The van der Waals surface area contributed by atoms with Crippen molar-refractivity contribution >= 4 is 5.96 Å². The van der Waals surface area contributed by atoms with E-state index in [1.54, 1.807) is 7.05 Å². The zero-order valence-corrected chi connectivity index (χ0v) is 10.3. The Labute approximate surface area is 98.2 Å². The second-order valence-corrected chi connectivity index (χ2v) is 3.87. The minimum absolute atomic E-state index is 0.356. The van der Waals surface area contributed by atoms with Crippen molar-refractivity contribution in [1.82, 2.24) is 10.6 Å². The van der Waals surface area contributed by atoms with Gasteiger partial charge < -0.3 is 15.4 Å². The Morgan fingerprint density at radius 2 is 2.38 bits per heavy atom. The molecule has 92 valence electrons. The molecule has 4 heteroatoms. The number of hydrogen-bond acceptors (Lipinski definition) is 2. The molecule has 1 saturated heterocycles. The summed E-state index contributed by atoms with van der Waals surface area (Å²) in [7, 11) is 1.79. The molecule has 1 fully saturated rings. The molecule has 0 aromatic carbocycles. The lowest BCUT2D eigenvalue weighted by Gasteiger charge is -2.14. The first-order valence-electron chi connectivity index (χ1n) is 6.04. The first-order chi connectivity index (χ1) is 7.86. The third kappa shape index (κ3) is 5.16. The van der Waals surface area contributed by atoms with Crippen LogP contribution in [0.1, 0.15) is 26.2 Å². The fraction of sp³-hybridized carbons (Fsp3) is 0.750. The summed E-state index contributed by atoms with van der Waals surface area (Å²) < 4.78 is 5.53. The summed E-state index contributed by atoms with van der Waals surface area (Å²) in [5.41, 5.74) is 0. The Morgan fingerprint density at radius 3 is 3.00 bits per heavy atom. The van der Waals surface area contributed by atoms with Crippen LogP contribution in [0, 0.1) is 0 Å². The monoisotopic (exact) mass is 225 g/mol. The van der Waals surface area contributed by atoms with Crippen LogP contribution in [0.4, 0.5) is 0 Å². The van der Waals surface area contributed by atoms with Crippen LogP contribution < -0.4 is 10.6 Å². The summed E-state index contributed by atoms with van der Waals surface area (Å²) in [6, 6.07) is 0. The fourth-order valence-electron chi connectivity index (χ4n) is 1.68. The van der Waals surface area contributed by atoms with Gasteiger partial charge in [0, 0.05) is 26.7 Å². The van der Waals surface area contributed by atoms with Gasteiger partial charge in [-0.2, -0.15) is 0 Å². The Morgan fingerprint density at radius 1 is 1.50 bits per heavy atom. The molecule has 0 spiro atoms. The highest BCUT2D eigenvalue weighted by Gasteiger charge is 2.15. The number of nitrogens with one attached hydrogen (secondary N) is 2. The van der Waals surface area contributed by atoms with E-state index in [-0.39, 0.29) is 0 Å². The Bertz CT molecular complexity index is 232. The molecular formula is C12H23N3O. The van der Waals surface area contributed by atoms with Crippen molar-refractivity contribution in [1.29, 1.82) is 0 Å². The van der Waals surface area contributed by atoms with Gasteiger partial charge >= 0.3 is 0 Å². The number of guanidine groups is 1. The van der Waals surface area contributed by atoms with E-state index in [2.05, 4.69) is 27.8 Å². The topological polar surface area (TPSA) is 45.7 Å². The highest BCUT2D eigenvalue weighted by atomic mass is 16.5. The number of ether oxygens (including phenoxy) is 1. The predicted molar refractivity (Wildman–Crippen MR) is 67.8 cm³/mol. The van der Waals surface area contributed by atoms with E-state index in [0.29, 0.717) is 6.10 Å². The molecule has 1 atom stereocenters. The van der Waals surface area contributed by atoms with Crippen LogP contribution in [0.2, 0.25) is 0 Å². The molecule has 1 aliphatic rings. The van der Waals surface area contributed by atoms with Crippen LogP contribution in [0.3, 0.4) is 0 Å². The normalized spacial score (nSPS) is 21.6. The first kappa shape index (κ1) is 13.0. The van der Waals surface area contributed by atoms with Gasteiger partial charge in [0.05, 0.1) is 6.10 Å². The van der Waals surface area contributed by atoms with Gasteiger partial charge in [-0.1, -0.05) is 12.2 Å². The minimum Gasteiger partial charge on any atom is -0.376 e. The number of allylic oxidation sites excluding steroid dienone is 1. The Kier molecular flexibility index (Phi) is 6.65. The zero-order chi connectivity index (χ0) is 11.6. The minimum atomic E-state index is 0.356. The molecule has 4 nitrogen and oxygen atoms in total. The van der Waals surface area contributed by atoms with Crippen molar-refractivity contribution in [2.24, 2.45) is 4.99 Å². The van der Waals surface area contributed by atoms with Gasteiger partial charge in [-0.3, -0.25) is 4.99 Å². The van der Waals surface area contributed by atoms with Gasteiger partial charge in [-0.15, -0.1) is 0 Å². The molecule has 0 aliphatic carbocycles. The summed E-state index contributed by atoms with van der Waals surface area (Å²) in [5.74, 6) is 0.861. The standard InChI is InChI=1S/C12H23N3O/c1-3-4-5-8-14-12(13-2)15-10-11-7-6-9-16-11/h3-4,11H,5-10H2,1-2H3,(H2,13,14,15). The molecule has 0 aromatic heterocycles. The van der Waals surface area contributed by atoms with E-state index >= 15 is 0 Å². The van der Waals surface area contributed by atoms with Crippen molar-refractivity contribution in [3.8, 4) is 0 Å². The summed E-state index contributed by atoms with van der Waals surface area (Å²) in [6.45, 7) is 4.70. The average molecular weight is 225 g/mol. The van der Waals surface area contributed by atoms with Gasteiger partial charge in [0.1, 0.15) is 0 Å². The molecule has 1 heterocycles. The number of rotatable bonds is 5. The molecule has 0 radical (unpaired) electrons. The van der Waals surface area contributed by atoms with Crippen molar-refractivity contribution < 1.29 is 4.74 Å². The number of hydrogen-bond donors (Lipinski definition) is 2. The summed E-state index contributed by atoms with van der Waals surface area (Å²) >= 11 is 0. The smallest absolute Gasteiger partial charge is 0.191 e. The second kappa shape index (κ2) is 8.16. The summed E-state index contributed by atoms with van der Waals surface area (Å²) in [4.78, 5) is 4.16. The molecule has 2 N–H and O–H groups in total. The van der Waals surface area contributed by atoms with E-state index in [1.807, 2.05) is 6.92 Å². The molecular weight excluding hydrogens is 202 g/mol. The van der Waals surface area contributed by atoms with Crippen molar-refractivity contribution in [2.45, 2.75) is 32.3 Å². The molecule has 1 aliphatic heterocycles. The molecule has 1 unspecified atom stereocenters. The van der Waals surface area contributed by atoms with Crippen LogP contribution in [0.5, 0.6) is 0 Å². The highest BCUT2D eigenvalue weighted by Crippen LogP contribution is 2.10. The van der Waals surface area contributed by atoms with Crippen LogP contribution in [-0.2, 0) is 4.74 Å². The van der Waals surface area contributed by atoms with E-state index in [0.717, 1.165) is 38.5 Å².